The minimum Gasteiger partial charge on any atom is -0.486 e. The van der Waals surface area contributed by atoms with Crippen LogP contribution in [-0.4, -0.2) is 23.1 Å². The number of fused-ring (bicyclic) bond motifs is 1. The van der Waals surface area contributed by atoms with E-state index >= 15 is 0 Å². The SMILES string of the molecule is O=C1CC(COc2ccccc2Cl)=Nc2cnccc21. The maximum atomic E-state index is 12.0. The number of hydrogen-bond donors (Lipinski definition) is 0. The van der Waals surface area contributed by atoms with E-state index in [1.54, 1.807) is 30.6 Å². The molecule has 2 heterocycles. The van der Waals surface area contributed by atoms with Crippen LogP contribution in [0.25, 0.3) is 0 Å². The van der Waals surface area contributed by atoms with Crippen molar-refractivity contribution >= 4 is 28.8 Å². The van der Waals surface area contributed by atoms with Gasteiger partial charge in [0.05, 0.1) is 29.0 Å². The number of carbonyl (C=O) groups is 1. The molecule has 3 rings (SSSR count). The standard InChI is InChI=1S/C15H11ClN2O2/c16-12-3-1-2-4-15(12)20-9-10-7-14(19)11-5-6-17-8-13(11)18-10/h1-6,8H,7,9H2. The van der Waals surface area contributed by atoms with E-state index in [1.165, 1.54) is 0 Å². The van der Waals surface area contributed by atoms with Crippen LogP contribution >= 0.6 is 11.6 Å². The number of halogens is 1. The van der Waals surface area contributed by atoms with Crippen molar-refractivity contribution in [1.29, 1.82) is 0 Å². The number of rotatable bonds is 3. The van der Waals surface area contributed by atoms with Crippen LogP contribution in [0.1, 0.15) is 16.8 Å². The van der Waals surface area contributed by atoms with Gasteiger partial charge in [0.1, 0.15) is 12.4 Å². The second-order valence-electron chi connectivity index (χ2n) is 4.39. The molecule has 1 aliphatic heterocycles. The second kappa shape index (κ2) is 5.43. The summed E-state index contributed by atoms with van der Waals surface area (Å²) in [5, 5.41) is 0.539. The first kappa shape index (κ1) is 12.8. The van der Waals surface area contributed by atoms with Gasteiger partial charge in [-0.1, -0.05) is 23.7 Å². The molecule has 0 saturated carbocycles. The second-order valence-corrected chi connectivity index (χ2v) is 4.80. The van der Waals surface area contributed by atoms with Crippen LogP contribution in [0.5, 0.6) is 5.75 Å². The summed E-state index contributed by atoms with van der Waals surface area (Å²) in [5.41, 5.74) is 1.89. The number of ether oxygens (including phenoxy) is 1. The van der Waals surface area contributed by atoms with Gasteiger partial charge >= 0.3 is 0 Å². The number of nitrogens with zero attached hydrogens (tertiary/aromatic N) is 2. The Balaban J connectivity index is 1.78. The van der Waals surface area contributed by atoms with E-state index in [1.807, 2.05) is 12.1 Å². The van der Waals surface area contributed by atoms with Crippen molar-refractivity contribution in [1.82, 2.24) is 4.98 Å². The van der Waals surface area contributed by atoms with Crippen molar-refractivity contribution in [2.24, 2.45) is 4.99 Å². The lowest BCUT2D eigenvalue weighted by Gasteiger charge is -2.15. The average molecular weight is 287 g/mol. The first-order valence-corrected chi connectivity index (χ1v) is 6.53. The molecule has 100 valence electrons. The lowest BCUT2D eigenvalue weighted by Crippen LogP contribution is -2.19. The highest BCUT2D eigenvalue weighted by molar-refractivity contribution is 6.32. The van der Waals surface area contributed by atoms with Crippen molar-refractivity contribution in [3.05, 3.63) is 53.3 Å². The van der Waals surface area contributed by atoms with Crippen LogP contribution in [0.15, 0.2) is 47.7 Å². The van der Waals surface area contributed by atoms with E-state index in [9.17, 15) is 4.79 Å². The van der Waals surface area contributed by atoms with Crippen LogP contribution in [-0.2, 0) is 0 Å². The third-order valence-corrected chi connectivity index (χ3v) is 3.29. The molecule has 5 heteroatoms. The summed E-state index contributed by atoms with van der Waals surface area (Å²) < 4.78 is 5.60. The third-order valence-electron chi connectivity index (χ3n) is 2.97. The lowest BCUT2D eigenvalue weighted by molar-refractivity contribution is 0.0998. The number of hydrogen-bond acceptors (Lipinski definition) is 4. The molecule has 0 saturated heterocycles. The smallest absolute Gasteiger partial charge is 0.170 e. The fourth-order valence-electron chi connectivity index (χ4n) is 2.01. The van der Waals surface area contributed by atoms with E-state index < -0.39 is 0 Å². The number of aliphatic imine (C=N–C) groups is 1. The summed E-state index contributed by atoms with van der Waals surface area (Å²) in [6.45, 7) is 0.240. The number of pyridine rings is 1. The van der Waals surface area contributed by atoms with E-state index in [0.717, 1.165) is 0 Å². The van der Waals surface area contributed by atoms with Crippen LogP contribution in [0.4, 0.5) is 5.69 Å². The molecule has 1 aliphatic rings. The molecule has 4 nitrogen and oxygen atoms in total. The van der Waals surface area contributed by atoms with Crippen LogP contribution < -0.4 is 4.74 Å². The monoisotopic (exact) mass is 286 g/mol. The zero-order chi connectivity index (χ0) is 13.9. The van der Waals surface area contributed by atoms with Gasteiger partial charge in [-0.15, -0.1) is 0 Å². The Morgan fingerprint density at radius 3 is 2.95 bits per heavy atom. The number of ketones is 1. The van der Waals surface area contributed by atoms with Gasteiger partial charge < -0.3 is 4.74 Å². The fourth-order valence-corrected chi connectivity index (χ4v) is 2.20. The molecule has 0 spiro atoms. The molecule has 0 bridgehead atoms. The van der Waals surface area contributed by atoms with Gasteiger partial charge in [-0.3, -0.25) is 14.8 Å². The molecule has 2 aromatic rings. The van der Waals surface area contributed by atoms with Gasteiger partial charge in [-0.2, -0.15) is 0 Å². The Hall–Kier alpha value is -2.20. The van der Waals surface area contributed by atoms with Crippen LogP contribution in [0, 0.1) is 0 Å². The number of para-hydroxylation sites is 1. The summed E-state index contributed by atoms with van der Waals surface area (Å²) in [6.07, 6.45) is 3.45. The highest BCUT2D eigenvalue weighted by atomic mass is 35.5. The van der Waals surface area contributed by atoms with E-state index in [4.69, 9.17) is 16.3 Å². The molecular weight excluding hydrogens is 276 g/mol. The van der Waals surface area contributed by atoms with Crippen LogP contribution in [0.3, 0.4) is 0 Å². The Morgan fingerprint density at radius 1 is 1.25 bits per heavy atom. The number of Topliss-reactive ketones (excluding diaryl/α,β-unsaturated/α-hetero) is 1. The highest BCUT2D eigenvalue weighted by Gasteiger charge is 2.20. The van der Waals surface area contributed by atoms with E-state index in [0.29, 0.717) is 27.7 Å². The number of benzene rings is 1. The predicted molar refractivity (Wildman–Crippen MR) is 77.2 cm³/mol. The Kier molecular flexibility index (Phi) is 3.48. The van der Waals surface area contributed by atoms with Gasteiger partial charge in [0.2, 0.25) is 0 Å². The molecule has 20 heavy (non-hydrogen) atoms. The molecule has 0 unspecified atom stereocenters. The maximum absolute atomic E-state index is 12.0. The van der Waals surface area contributed by atoms with Crippen molar-refractivity contribution in [2.45, 2.75) is 6.42 Å². The first-order chi connectivity index (χ1) is 9.74. The predicted octanol–water partition coefficient (Wildman–Crippen LogP) is 3.47. The zero-order valence-corrected chi connectivity index (χ0v) is 11.3. The minimum atomic E-state index is 0.0372. The largest absolute Gasteiger partial charge is 0.486 e. The van der Waals surface area contributed by atoms with Crippen molar-refractivity contribution < 1.29 is 9.53 Å². The zero-order valence-electron chi connectivity index (χ0n) is 10.5. The van der Waals surface area contributed by atoms with Gasteiger partial charge in [-0.25, -0.2) is 0 Å². The number of carbonyl (C=O) groups excluding carboxylic acids is 1. The molecule has 0 N–H and O–H groups in total. The van der Waals surface area contributed by atoms with Gasteiger partial charge in [0.15, 0.2) is 5.78 Å². The minimum absolute atomic E-state index is 0.0372. The molecule has 0 radical (unpaired) electrons. The topological polar surface area (TPSA) is 51.5 Å². The third kappa shape index (κ3) is 2.56. The maximum Gasteiger partial charge on any atom is 0.170 e. The Labute approximate surface area is 121 Å². The van der Waals surface area contributed by atoms with Gasteiger partial charge in [0.25, 0.3) is 0 Å². The summed E-state index contributed by atoms with van der Waals surface area (Å²) >= 11 is 6.01. The lowest BCUT2D eigenvalue weighted by atomic mass is 10.0. The van der Waals surface area contributed by atoms with Crippen molar-refractivity contribution in [2.75, 3.05) is 6.61 Å². The Bertz CT molecular complexity index is 698. The van der Waals surface area contributed by atoms with E-state index in [-0.39, 0.29) is 18.8 Å². The average Bonchev–Trinajstić information content (AvgIpc) is 2.46. The van der Waals surface area contributed by atoms with E-state index in [2.05, 4.69) is 9.98 Å². The highest BCUT2D eigenvalue weighted by Crippen LogP contribution is 2.26. The molecule has 1 aromatic heterocycles. The molecule has 0 fully saturated rings. The molecule has 0 amide bonds. The molecule has 0 aliphatic carbocycles. The summed E-state index contributed by atoms with van der Waals surface area (Å²) in [4.78, 5) is 20.4. The molecule has 1 aromatic carbocycles. The van der Waals surface area contributed by atoms with Crippen molar-refractivity contribution in [3.63, 3.8) is 0 Å². The van der Waals surface area contributed by atoms with Gasteiger partial charge in [0, 0.05) is 11.8 Å². The van der Waals surface area contributed by atoms with Gasteiger partial charge in [-0.05, 0) is 18.2 Å². The van der Waals surface area contributed by atoms with Crippen LogP contribution in [0.2, 0.25) is 5.02 Å². The molecular formula is C15H11ClN2O2. The number of aromatic nitrogens is 1. The first-order valence-electron chi connectivity index (χ1n) is 6.15. The summed E-state index contributed by atoms with van der Waals surface area (Å²) in [7, 11) is 0. The summed E-state index contributed by atoms with van der Waals surface area (Å²) in [6, 6.07) is 8.90. The molecule has 0 atom stereocenters. The quantitative estimate of drug-likeness (QED) is 0.868. The normalized spacial score (nSPS) is 13.7. The fraction of sp³-hybridized carbons (Fsp3) is 0.133. The summed E-state index contributed by atoms with van der Waals surface area (Å²) in [5.74, 6) is 0.622. The Morgan fingerprint density at radius 2 is 2.10 bits per heavy atom. The van der Waals surface area contributed by atoms with Crippen molar-refractivity contribution in [3.8, 4) is 5.75 Å².